The molecule has 0 fully saturated rings. The Balaban J connectivity index is 1.59. The predicted octanol–water partition coefficient (Wildman–Crippen LogP) is 4.04. The third kappa shape index (κ3) is 3.16. The lowest BCUT2D eigenvalue weighted by Gasteiger charge is -2.17. The summed E-state index contributed by atoms with van der Waals surface area (Å²) in [6, 6.07) is 15.8. The second-order valence-electron chi connectivity index (χ2n) is 6.60. The highest BCUT2D eigenvalue weighted by atomic mass is 16.1. The summed E-state index contributed by atoms with van der Waals surface area (Å²) >= 11 is 0. The Hall–Kier alpha value is -3.21. The Bertz CT molecular complexity index is 963. The largest absolute Gasteiger partial charge is 0.321 e. The van der Waals surface area contributed by atoms with E-state index in [0.717, 1.165) is 35.5 Å². The van der Waals surface area contributed by atoms with Crippen molar-refractivity contribution < 1.29 is 4.79 Å². The van der Waals surface area contributed by atoms with Crippen LogP contribution in [0.5, 0.6) is 0 Å². The lowest BCUT2D eigenvalue weighted by molar-refractivity contribution is 0.102. The van der Waals surface area contributed by atoms with Gasteiger partial charge in [-0.2, -0.15) is 0 Å². The van der Waals surface area contributed by atoms with E-state index in [4.69, 9.17) is 0 Å². The number of hydrogen-bond acceptors (Lipinski definition) is 4. The summed E-state index contributed by atoms with van der Waals surface area (Å²) in [5.74, 6) is 0.328. The van der Waals surface area contributed by atoms with Crippen molar-refractivity contribution in [1.82, 2.24) is 9.97 Å². The van der Waals surface area contributed by atoms with Gasteiger partial charge in [-0.3, -0.25) is 4.79 Å². The molecule has 1 aliphatic heterocycles. The monoisotopic (exact) mass is 344 g/mol. The molecule has 5 nitrogen and oxygen atoms in total. The number of nitrogens with zero attached hydrogens (tertiary/aromatic N) is 3. The first-order valence-corrected chi connectivity index (χ1v) is 8.68. The molecule has 1 amide bonds. The normalized spacial score (nSPS) is 12.8. The van der Waals surface area contributed by atoms with Gasteiger partial charge < -0.3 is 10.2 Å². The first-order chi connectivity index (χ1) is 12.6. The molecule has 0 spiro atoms. The number of nitrogens with one attached hydrogen (secondary N) is 1. The molecular formula is C21H20N4O. The highest BCUT2D eigenvalue weighted by Gasteiger charge is 2.22. The maximum absolute atomic E-state index is 12.6. The second kappa shape index (κ2) is 6.59. The summed E-state index contributed by atoms with van der Waals surface area (Å²) in [6.45, 7) is 4.84. The number of fused-ring (bicyclic) bond motifs is 1. The molecule has 4 rings (SSSR count). The van der Waals surface area contributed by atoms with Gasteiger partial charge in [0.05, 0.1) is 0 Å². The second-order valence-corrected chi connectivity index (χ2v) is 6.60. The Morgan fingerprint density at radius 1 is 1.08 bits per heavy atom. The van der Waals surface area contributed by atoms with Gasteiger partial charge in [-0.1, -0.05) is 24.3 Å². The molecule has 26 heavy (non-hydrogen) atoms. The summed E-state index contributed by atoms with van der Waals surface area (Å²) in [4.78, 5) is 23.6. The minimum atomic E-state index is -0.230. The Morgan fingerprint density at radius 3 is 2.65 bits per heavy atom. The molecule has 0 unspecified atom stereocenters. The van der Waals surface area contributed by atoms with E-state index in [0.29, 0.717) is 11.6 Å². The van der Waals surface area contributed by atoms with E-state index in [-0.39, 0.29) is 5.91 Å². The summed E-state index contributed by atoms with van der Waals surface area (Å²) in [5, 5.41) is 2.93. The number of carbonyl (C=O) groups excluding carboxylic acids is 1. The molecule has 1 aromatic heterocycles. The zero-order valence-electron chi connectivity index (χ0n) is 14.9. The van der Waals surface area contributed by atoms with Crippen LogP contribution >= 0.6 is 0 Å². The van der Waals surface area contributed by atoms with E-state index in [1.54, 1.807) is 12.3 Å². The van der Waals surface area contributed by atoms with Crippen molar-refractivity contribution in [2.45, 2.75) is 20.3 Å². The number of benzene rings is 2. The quantitative estimate of drug-likeness (QED) is 0.779. The van der Waals surface area contributed by atoms with E-state index in [9.17, 15) is 4.79 Å². The topological polar surface area (TPSA) is 58.1 Å². The maximum atomic E-state index is 12.6. The zero-order chi connectivity index (χ0) is 18.1. The molecular weight excluding hydrogens is 324 g/mol. The van der Waals surface area contributed by atoms with Crippen LogP contribution in [-0.2, 0) is 6.42 Å². The van der Waals surface area contributed by atoms with E-state index in [1.165, 1.54) is 5.56 Å². The van der Waals surface area contributed by atoms with Crippen LogP contribution in [0.2, 0.25) is 0 Å². The van der Waals surface area contributed by atoms with Crippen molar-refractivity contribution in [2.24, 2.45) is 0 Å². The smallest absolute Gasteiger partial charge is 0.274 e. The van der Waals surface area contributed by atoms with Gasteiger partial charge >= 0.3 is 0 Å². The van der Waals surface area contributed by atoms with Crippen LogP contribution in [0.15, 0.2) is 54.7 Å². The number of aromatic nitrogens is 2. The SMILES string of the molecule is Cc1cc(C)cc(NC(=O)c2ccnc(N3CCc4ccccc43)n2)c1. The highest BCUT2D eigenvalue weighted by Crippen LogP contribution is 2.32. The fourth-order valence-corrected chi connectivity index (χ4v) is 3.39. The Morgan fingerprint density at radius 2 is 1.85 bits per heavy atom. The average molecular weight is 344 g/mol. The average Bonchev–Trinajstić information content (AvgIpc) is 3.05. The molecule has 2 heterocycles. The Labute approximate surface area is 152 Å². The molecule has 0 saturated heterocycles. The number of carbonyl (C=O) groups is 1. The van der Waals surface area contributed by atoms with Crippen LogP contribution in [0.3, 0.4) is 0 Å². The molecule has 5 heteroatoms. The van der Waals surface area contributed by atoms with Crippen molar-refractivity contribution in [3.05, 3.63) is 77.1 Å². The standard InChI is InChI=1S/C21H20N4O/c1-14-11-15(2)13-17(12-14)23-20(26)18-7-9-22-21(24-18)25-10-8-16-5-3-4-6-19(16)25/h3-7,9,11-13H,8,10H2,1-2H3,(H,23,26). The van der Waals surface area contributed by atoms with Crippen molar-refractivity contribution in [2.75, 3.05) is 16.8 Å². The van der Waals surface area contributed by atoms with Crippen LogP contribution in [0.25, 0.3) is 0 Å². The van der Waals surface area contributed by atoms with Crippen molar-refractivity contribution >= 4 is 23.2 Å². The number of rotatable bonds is 3. The van der Waals surface area contributed by atoms with Crippen molar-refractivity contribution in [1.29, 1.82) is 0 Å². The number of hydrogen-bond donors (Lipinski definition) is 1. The van der Waals surface area contributed by atoms with Gasteiger partial charge in [-0.15, -0.1) is 0 Å². The van der Waals surface area contributed by atoms with Gasteiger partial charge in [0.15, 0.2) is 0 Å². The molecule has 2 aromatic carbocycles. The van der Waals surface area contributed by atoms with Gasteiger partial charge in [-0.25, -0.2) is 9.97 Å². The van der Waals surface area contributed by atoms with Gasteiger partial charge in [0.2, 0.25) is 5.95 Å². The Kier molecular flexibility index (Phi) is 4.13. The zero-order valence-corrected chi connectivity index (χ0v) is 14.9. The summed E-state index contributed by atoms with van der Waals surface area (Å²) in [5.41, 5.74) is 5.74. The van der Waals surface area contributed by atoms with E-state index in [1.807, 2.05) is 38.1 Å². The molecule has 0 bridgehead atoms. The third-order valence-electron chi connectivity index (χ3n) is 4.48. The molecule has 1 aliphatic rings. The minimum Gasteiger partial charge on any atom is -0.321 e. The fourth-order valence-electron chi connectivity index (χ4n) is 3.39. The molecule has 0 saturated carbocycles. The van der Waals surface area contributed by atoms with Crippen LogP contribution in [0.1, 0.15) is 27.2 Å². The van der Waals surface area contributed by atoms with E-state index >= 15 is 0 Å². The van der Waals surface area contributed by atoms with Gasteiger partial charge in [0, 0.05) is 24.1 Å². The van der Waals surface area contributed by atoms with E-state index in [2.05, 4.69) is 38.4 Å². The molecule has 3 aromatic rings. The summed E-state index contributed by atoms with van der Waals surface area (Å²) in [6.07, 6.45) is 2.60. The van der Waals surface area contributed by atoms with Gasteiger partial charge in [0.1, 0.15) is 5.69 Å². The first-order valence-electron chi connectivity index (χ1n) is 8.68. The van der Waals surface area contributed by atoms with Crippen LogP contribution in [0.4, 0.5) is 17.3 Å². The molecule has 0 atom stereocenters. The molecule has 130 valence electrons. The molecule has 1 N–H and O–H groups in total. The minimum absolute atomic E-state index is 0.230. The summed E-state index contributed by atoms with van der Waals surface area (Å²) < 4.78 is 0. The lowest BCUT2D eigenvalue weighted by atomic mass is 10.1. The maximum Gasteiger partial charge on any atom is 0.274 e. The number of amides is 1. The van der Waals surface area contributed by atoms with Crippen molar-refractivity contribution in [3.8, 4) is 0 Å². The third-order valence-corrected chi connectivity index (χ3v) is 4.48. The van der Waals surface area contributed by atoms with Crippen LogP contribution < -0.4 is 10.2 Å². The number of anilines is 3. The van der Waals surface area contributed by atoms with E-state index < -0.39 is 0 Å². The van der Waals surface area contributed by atoms with Gasteiger partial charge in [-0.05, 0) is 61.2 Å². The predicted molar refractivity (Wildman–Crippen MR) is 103 cm³/mol. The fraction of sp³-hybridized carbons (Fsp3) is 0.190. The highest BCUT2D eigenvalue weighted by molar-refractivity contribution is 6.03. The molecule has 0 aliphatic carbocycles. The summed E-state index contributed by atoms with van der Waals surface area (Å²) in [7, 11) is 0. The number of aryl methyl sites for hydroxylation is 2. The first kappa shape index (κ1) is 16.3. The lowest BCUT2D eigenvalue weighted by Crippen LogP contribution is -2.20. The van der Waals surface area contributed by atoms with Crippen LogP contribution in [0, 0.1) is 13.8 Å². The van der Waals surface area contributed by atoms with Gasteiger partial charge in [0.25, 0.3) is 5.91 Å². The van der Waals surface area contributed by atoms with Crippen molar-refractivity contribution in [3.63, 3.8) is 0 Å². The number of para-hydroxylation sites is 1. The van der Waals surface area contributed by atoms with Crippen LogP contribution in [-0.4, -0.2) is 22.4 Å². The molecule has 0 radical (unpaired) electrons.